The van der Waals surface area contributed by atoms with Crippen LogP contribution in [0.2, 0.25) is 0 Å². The second-order valence-corrected chi connectivity index (χ2v) is 16.1. The molecule has 0 saturated carbocycles. The Hall–Kier alpha value is -7.89. The third kappa shape index (κ3) is 7.48. The van der Waals surface area contributed by atoms with Gasteiger partial charge in [0.25, 0.3) is 0 Å². The highest BCUT2D eigenvalue weighted by atomic mass is 16.5. The van der Waals surface area contributed by atoms with Gasteiger partial charge in [0, 0.05) is 48.1 Å². The van der Waals surface area contributed by atoms with Crippen LogP contribution in [0.3, 0.4) is 0 Å². The van der Waals surface area contributed by atoms with E-state index in [2.05, 4.69) is 72.7 Å². The van der Waals surface area contributed by atoms with Crippen molar-refractivity contribution in [2.24, 2.45) is 0 Å². The van der Waals surface area contributed by atoms with E-state index in [1.807, 2.05) is 95.7 Å². The fourth-order valence-corrected chi connectivity index (χ4v) is 7.79. The number of aryl methyl sites for hydroxylation is 2. The molecule has 0 aliphatic carbocycles. The summed E-state index contributed by atoms with van der Waals surface area (Å²) in [6, 6.07) is 20.1. The van der Waals surface area contributed by atoms with E-state index >= 15 is 0 Å². The van der Waals surface area contributed by atoms with Crippen LogP contribution >= 0.6 is 0 Å². The number of benzene rings is 1. The molecule has 0 amide bonds. The van der Waals surface area contributed by atoms with Crippen molar-refractivity contribution >= 4 is 45.0 Å². The number of hydrogen-bond acceptors (Lipinski definition) is 14. The van der Waals surface area contributed by atoms with E-state index in [4.69, 9.17) is 34.8 Å². The zero-order valence-electron chi connectivity index (χ0n) is 36.0. The molecule has 2 N–H and O–H groups in total. The molecule has 18 heteroatoms. The predicted molar refractivity (Wildman–Crippen MR) is 240 cm³/mol. The van der Waals surface area contributed by atoms with E-state index in [0.717, 1.165) is 56.4 Å². The molecule has 0 atom stereocenters. The highest BCUT2D eigenvalue weighted by Gasteiger charge is 2.23. The molecule has 10 rings (SSSR count). The van der Waals surface area contributed by atoms with Crippen molar-refractivity contribution in [3.8, 4) is 28.8 Å². The van der Waals surface area contributed by atoms with Crippen molar-refractivity contribution in [1.29, 1.82) is 0 Å². The van der Waals surface area contributed by atoms with Crippen molar-refractivity contribution in [3.63, 3.8) is 0 Å². The monoisotopic (exact) mass is 839 g/mol. The molecule has 0 saturated heterocycles. The standard InChI is InChI=1S/C45H45N17O/c1-25(2)48-40-44-57-55-28(6)59(44)23-35(51-40)42-53-33-15-14-32(63-7)19-38(33)61(42)22-31-13-10-12-29(50-31)18-39-56-58-45-41(49-26(3)4)52-36(24-62(39)45)43-54-34-20-47-27(5)17-37(34)60(43)21-30-11-8-9-16-46-30/h8-17,19-20,23-26H,18,21-22H2,1-7H3,(H,48,51)(H,49,52). The van der Waals surface area contributed by atoms with Gasteiger partial charge in [-0.1, -0.05) is 12.1 Å². The Labute approximate surface area is 361 Å². The highest BCUT2D eigenvalue weighted by molar-refractivity contribution is 5.83. The number of methoxy groups -OCH3 is 1. The molecule has 0 aliphatic heterocycles. The first kappa shape index (κ1) is 39.3. The van der Waals surface area contributed by atoms with Crippen LogP contribution in [0, 0.1) is 13.8 Å². The number of fused-ring (bicyclic) bond motifs is 4. The van der Waals surface area contributed by atoms with Gasteiger partial charge in [0.2, 0.25) is 11.3 Å². The maximum absolute atomic E-state index is 5.66. The van der Waals surface area contributed by atoms with Gasteiger partial charge < -0.3 is 24.5 Å². The van der Waals surface area contributed by atoms with Crippen LogP contribution in [0.1, 0.15) is 62.1 Å². The highest BCUT2D eigenvalue weighted by Crippen LogP contribution is 2.31. The summed E-state index contributed by atoms with van der Waals surface area (Å²) < 4.78 is 13.9. The van der Waals surface area contributed by atoms with Gasteiger partial charge in [-0.05, 0) is 84.0 Å². The van der Waals surface area contributed by atoms with Gasteiger partial charge in [-0.25, -0.2) is 19.9 Å². The zero-order valence-corrected chi connectivity index (χ0v) is 36.0. The Balaban J connectivity index is 1.05. The number of pyridine rings is 3. The molecule has 9 heterocycles. The number of imidazole rings is 2. The van der Waals surface area contributed by atoms with Crippen LogP contribution in [-0.2, 0) is 19.5 Å². The number of nitrogens with one attached hydrogen (secondary N) is 2. The largest absolute Gasteiger partial charge is 0.497 e. The number of hydrogen-bond donors (Lipinski definition) is 2. The first-order valence-electron chi connectivity index (χ1n) is 20.8. The summed E-state index contributed by atoms with van der Waals surface area (Å²) >= 11 is 0. The predicted octanol–water partition coefficient (Wildman–Crippen LogP) is 6.73. The number of ether oxygens (including phenoxy) is 1. The van der Waals surface area contributed by atoms with E-state index in [1.165, 1.54) is 0 Å². The Morgan fingerprint density at radius 3 is 1.98 bits per heavy atom. The second kappa shape index (κ2) is 15.9. The van der Waals surface area contributed by atoms with Crippen LogP contribution in [0.15, 0.2) is 85.5 Å². The molecule has 0 spiro atoms. The van der Waals surface area contributed by atoms with Crippen LogP contribution in [0.25, 0.3) is 56.4 Å². The summed E-state index contributed by atoms with van der Waals surface area (Å²) in [5.41, 5.74) is 9.37. The van der Waals surface area contributed by atoms with Gasteiger partial charge in [-0.3, -0.25) is 23.8 Å². The van der Waals surface area contributed by atoms with Crippen LogP contribution in [0.5, 0.6) is 5.75 Å². The molecule has 0 fully saturated rings. The lowest BCUT2D eigenvalue weighted by Gasteiger charge is -2.14. The topological polar surface area (TPSA) is 194 Å². The molecule has 0 unspecified atom stereocenters. The third-order valence-corrected chi connectivity index (χ3v) is 10.6. The first-order chi connectivity index (χ1) is 30.6. The first-order valence-corrected chi connectivity index (χ1v) is 20.8. The molecule has 63 heavy (non-hydrogen) atoms. The van der Waals surface area contributed by atoms with Crippen molar-refractivity contribution in [3.05, 3.63) is 120 Å². The minimum Gasteiger partial charge on any atom is -0.497 e. The molecule has 0 aliphatic rings. The lowest BCUT2D eigenvalue weighted by molar-refractivity contribution is 0.415. The minimum atomic E-state index is 0.0779. The minimum absolute atomic E-state index is 0.0779. The number of anilines is 2. The van der Waals surface area contributed by atoms with Crippen molar-refractivity contribution in [2.75, 3.05) is 17.7 Å². The maximum Gasteiger partial charge on any atom is 0.203 e. The van der Waals surface area contributed by atoms with E-state index in [-0.39, 0.29) is 12.1 Å². The lowest BCUT2D eigenvalue weighted by Crippen LogP contribution is -2.14. The quantitative estimate of drug-likeness (QED) is 0.124. The van der Waals surface area contributed by atoms with Crippen LogP contribution in [-0.4, -0.2) is 92.4 Å². The second-order valence-electron chi connectivity index (χ2n) is 16.1. The van der Waals surface area contributed by atoms with Gasteiger partial charge >= 0.3 is 0 Å². The van der Waals surface area contributed by atoms with E-state index < -0.39 is 0 Å². The molecule has 0 radical (unpaired) electrons. The lowest BCUT2D eigenvalue weighted by atomic mass is 10.2. The zero-order chi connectivity index (χ0) is 43.4. The van der Waals surface area contributed by atoms with E-state index in [9.17, 15) is 0 Å². The molecule has 316 valence electrons. The molecule has 10 aromatic rings. The van der Waals surface area contributed by atoms with Crippen molar-refractivity contribution in [2.45, 2.75) is 73.1 Å². The summed E-state index contributed by atoms with van der Waals surface area (Å²) in [5.74, 6) is 4.73. The number of aromatic nitrogens is 15. The average molecular weight is 840 g/mol. The van der Waals surface area contributed by atoms with Gasteiger partial charge in [-0.2, -0.15) is 0 Å². The Morgan fingerprint density at radius 1 is 0.619 bits per heavy atom. The molecule has 0 bridgehead atoms. The molecular weight excluding hydrogens is 795 g/mol. The Morgan fingerprint density at radius 2 is 1.27 bits per heavy atom. The van der Waals surface area contributed by atoms with Gasteiger partial charge in [0.05, 0.1) is 60.8 Å². The summed E-state index contributed by atoms with van der Waals surface area (Å²) in [7, 11) is 1.66. The Bertz CT molecular complexity index is 3310. The number of nitrogens with zero attached hydrogens (tertiary/aromatic N) is 15. The molecular formula is C45H45N17O. The SMILES string of the molecule is COc1ccc2nc(-c3cn4c(C)nnc4c(NC(C)C)n3)n(Cc3cccc(Cc4nnc5c(NC(C)C)nc(-c6nc7cnc(C)cc7n6Cc6ccccn6)cn45)n3)c2c1. The summed E-state index contributed by atoms with van der Waals surface area (Å²) in [5, 5.41) is 25.0. The third-order valence-electron chi connectivity index (χ3n) is 10.6. The van der Waals surface area contributed by atoms with Gasteiger partial charge in [-0.15, -0.1) is 20.4 Å². The van der Waals surface area contributed by atoms with Gasteiger partial charge in [0.15, 0.2) is 23.3 Å². The van der Waals surface area contributed by atoms with Crippen LogP contribution < -0.4 is 15.4 Å². The van der Waals surface area contributed by atoms with Crippen molar-refractivity contribution < 1.29 is 4.74 Å². The fraction of sp³-hybridized carbons (Fsp3) is 0.267. The maximum atomic E-state index is 5.66. The Kier molecular flexibility index (Phi) is 9.88. The summed E-state index contributed by atoms with van der Waals surface area (Å²) in [6.45, 7) is 13.1. The van der Waals surface area contributed by atoms with E-state index in [0.29, 0.717) is 71.3 Å². The normalized spacial score (nSPS) is 11.9. The molecule has 1 aromatic carbocycles. The van der Waals surface area contributed by atoms with Crippen LogP contribution in [0.4, 0.5) is 11.6 Å². The smallest absolute Gasteiger partial charge is 0.203 e. The molecule has 9 aromatic heterocycles. The summed E-state index contributed by atoms with van der Waals surface area (Å²) in [6.07, 6.45) is 7.89. The van der Waals surface area contributed by atoms with Crippen molar-refractivity contribution in [1.82, 2.24) is 73.2 Å². The fourth-order valence-electron chi connectivity index (χ4n) is 7.79. The summed E-state index contributed by atoms with van der Waals surface area (Å²) in [4.78, 5) is 34.7. The average Bonchev–Trinajstić information content (AvgIpc) is 4.04. The van der Waals surface area contributed by atoms with E-state index in [1.54, 1.807) is 19.5 Å². The van der Waals surface area contributed by atoms with Gasteiger partial charge in [0.1, 0.15) is 34.3 Å². The number of rotatable bonds is 13. The molecule has 18 nitrogen and oxygen atoms in total.